The van der Waals surface area contributed by atoms with E-state index in [0.717, 1.165) is 6.54 Å². The smallest absolute Gasteiger partial charge is 0.0928 e. The first-order valence-electron chi connectivity index (χ1n) is 4.06. The van der Waals surface area contributed by atoms with E-state index in [1.165, 1.54) is 5.75 Å². The van der Waals surface area contributed by atoms with Crippen molar-refractivity contribution in [3.8, 4) is 0 Å². The Labute approximate surface area is 72.9 Å². The largest absolute Gasteiger partial charge is 0.356 e. The second-order valence-electron chi connectivity index (χ2n) is 3.10. The highest BCUT2D eigenvalue weighted by atomic mass is 32.2. The van der Waals surface area contributed by atoms with E-state index >= 15 is 0 Å². The Hall–Kier alpha value is -0.180. The molecular formula is C8H16N2S. The zero-order valence-corrected chi connectivity index (χ0v) is 8.24. The molecule has 64 valence electrons. The first-order chi connectivity index (χ1) is 5.13. The van der Waals surface area contributed by atoms with Crippen molar-refractivity contribution in [2.75, 3.05) is 12.3 Å². The minimum atomic E-state index is 0.534. The number of amidine groups is 1. The van der Waals surface area contributed by atoms with Gasteiger partial charge in [-0.3, -0.25) is 5.41 Å². The fourth-order valence-corrected chi connectivity index (χ4v) is 2.51. The van der Waals surface area contributed by atoms with Crippen LogP contribution in [0.5, 0.6) is 0 Å². The average molecular weight is 172 g/mol. The van der Waals surface area contributed by atoms with Gasteiger partial charge in [-0.15, -0.1) is 0 Å². The molecule has 11 heavy (non-hydrogen) atoms. The first-order valence-corrected chi connectivity index (χ1v) is 5.11. The molecule has 2 atom stereocenters. The maximum atomic E-state index is 7.53. The highest BCUT2D eigenvalue weighted by molar-refractivity contribution is 8.00. The predicted octanol–water partition coefficient (Wildman–Crippen LogP) is 1.81. The Morgan fingerprint density at radius 3 is 2.64 bits per heavy atom. The summed E-state index contributed by atoms with van der Waals surface area (Å²) in [4.78, 5) is 2.18. The molecular weight excluding hydrogens is 156 g/mol. The van der Waals surface area contributed by atoms with Crippen molar-refractivity contribution in [1.82, 2.24) is 4.90 Å². The van der Waals surface area contributed by atoms with Crippen molar-refractivity contribution in [3.05, 3.63) is 0 Å². The SMILES string of the molecule is CC(=N)N1CCSC(C)C1C. The Morgan fingerprint density at radius 2 is 2.18 bits per heavy atom. The molecule has 1 aliphatic rings. The quantitative estimate of drug-likeness (QED) is 0.445. The molecule has 3 heteroatoms. The lowest BCUT2D eigenvalue weighted by atomic mass is 10.2. The number of nitrogens with one attached hydrogen (secondary N) is 1. The summed E-state index contributed by atoms with van der Waals surface area (Å²) >= 11 is 2.01. The lowest BCUT2D eigenvalue weighted by Crippen LogP contribution is -2.46. The van der Waals surface area contributed by atoms with Crippen LogP contribution in [-0.2, 0) is 0 Å². The van der Waals surface area contributed by atoms with Crippen LogP contribution in [-0.4, -0.2) is 34.3 Å². The molecule has 2 nitrogen and oxygen atoms in total. The Morgan fingerprint density at radius 1 is 1.55 bits per heavy atom. The summed E-state index contributed by atoms with van der Waals surface area (Å²) < 4.78 is 0. The molecule has 0 spiro atoms. The van der Waals surface area contributed by atoms with E-state index in [4.69, 9.17) is 5.41 Å². The third kappa shape index (κ3) is 1.89. The molecule has 0 aliphatic carbocycles. The van der Waals surface area contributed by atoms with E-state index in [-0.39, 0.29) is 0 Å². The van der Waals surface area contributed by atoms with Crippen LogP contribution in [0.15, 0.2) is 0 Å². The predicted molar refractivity (Wildman–Crippen MR) is 51.5 cm³/mol. The standard InChI is InChI=1S/C8H16N2S/c1-6-7(2)11-5-4-10(6)8(3)9/h6-7,9H,4-5H2,1-3H3. The second kappa shape index (κ2) is 3.48. The van der Waals surface area contributed by atoms with Crippen molar-refractivity contribution in [2.45, 2.75) is 32.1 Å². The normalized spacial score (nSPS) is 32.1. The maximum absolute atomic E-state index is 7.53. The summed E-state index contributed by atoms with van der Waals surface area (Å²) in [5, 5.41) is 8.20. The van der Waals surface area contributed by atoms with Gasteiger partial charge in [-0.25, -0.2) is 0 Å². The molecule has 1 fully saturated rings. The van der Waals surface area contributed by atoms with Crippen LogP contribution < -0.4 is 0 Å². The summed E-state index contributed by atoms with van der Waals surface area (Å²) in [6, 6.07) is 0.534. The van der Waals surface area contributed by atoms with Crippen LogP contribution in [0.25, 0.3) is 0 Å². The van der Waals surface area contributed by atoms with E-state index in [1.54, 1.807) is 0 Å². The van der Waals surface area contributed by atoms with Crippen molar-refractivity contribution in [3.63, 3.8) is 0 Å². The number of nitrogens with zero attached hydrogens (tertiary/aromatic N) is 1. The molecule has 0 radical (unpaired) electrons. The zero-order valence-electron chi connectivity index (χ0n) is 7.42. The molecule has 1 rings (SSSR count). The van der Waals surface area contributed by atoms with E-state index < -0.39 is 0 Å². The molecule has 2 unspecified atom stereocenters. The molecule has 1 N–H and O–H groups in total. The fourth-order valence-electron chi connectivity index (χ4n) is 1.41. The summed E-state index contributed by atoms with van der Waals surface area (Å²) in [7, 11) is 0. The van der Waals surface area contributed by atoms with Crippen LogP contribution in [0, 0.1) is 5.41 Å². The summed E-state index contributed by atoms with van der Waals surface area (Å²) in [6.07, 6.45) is 0. The molecule has 1 aliphatic heterocycles. The molecule has 0 aromatic rings. The van der Waals surface area contributed by atoms with Gasteiger partial charge in [0.1, 0.15) is 0 Å². The van der Waals surface area contributed by atoms with Gasteiger partial charge in [0.2, 0.25) is 0 Å². The third-order valence-corrected chi connectivity index (χ3v) is 3.65. The Kier molecular flexibility index (Phi) is 2.82. The maximum Gasteiger partial charge on any atom is 0.0928 e. The molecule has 0 aromatic carbocycles. The van der Waals surface area contributed by atoms with Crippen molar-refractivity contribution in [2.24, 2.45) is 0 Å². The van der Waals surface area contributed by atoms with Gasteiger partial charge < -0.3 is 4.90 Å². The van der Waals surface area contributed by atoms with Gasteiger partial charge >= 0.3 is 0 Å². The molecule has 1 saturated heterocycles. The van der Waals surface area contributed by atoms with Crippen molar-refractivity contribution < 1.29 is 0 Å². The number of thioether (sulfide) groups is 1. The lowest BCUT2D eigenvalue weighted by molar-refractivity contribution is 0.331. The molecule has 1 heterocycles. The molecule has 0 amide bonds. The van der Waals surface area contributed by atoms with Crippen molar-refractivity contribution in [1.29, 1.82) is 5.41 Å². The Bertz CT molecular complexity index is 158. The van der Waals surface area contributed by atoms with Crippen LogP contribution >= 0.6 is 11.8 Å². The fraction of sp³-hybridized carbons (Fsp3) is 0.875. The summed E-state index contributed by atoms with van der Waals surface area (Å²) in [5.74, 6) is 1.88. The summed E-state index contributed by atoms with van der Waals surface area (Å²) in [5.41, 5.74) is 0. The molecule has 0 bridgehead atoms. The van der Waals surface area contributed by atoms with Crippen LogP contribution in [0.3, 0.4) is 0 Å². The van der Waals surface area contributed by atoms with Crippen molar-refractivity contribution >= 4 is 17.6 Å². The number of hydrogen-bond donors (Lipinski definition) is 1. The highest BCUT2D eigenvalue weighted by Gasteiger charge is 2.24. The third-order valence-electron chi connectivity index (χ3n) is 2.31. The first kappa shape index (κ1) is 8.91. The van der Waals surface area contributed by atoms with E-state index in [9.17, 15) is 0 Å². The number of rotatable bonds is 0. The summed E-state index contributed by atoms with van der Waals surface area (Å²) in [6.45, 7) is 7.37. The van der Waals surface area contributed by atoms with Crippen LogP contribution in [0.4, 0.5) is 0 Å². The zero-order chi connectivity index (χ0) is 8.43. The van der Waals surface area contributed by atoms with E-state index in [0.29, 0.717) is 17.1 Å². The van der Waals surface area contributed by atoms with Gasteiger partial charge in [0.15, 0.2) is 0 Å². The minimum absolute atomic E-state index is 0.534. The van der Waals surface area contributed by atoms with Crippen LogP contribution in [0.2, 0.25) is 0 Å². The minimum Gasteiger partial charge on any atom is -0.356 e. The monoisotopic (exact) mass is 172 g/mol. The van der Waals surface area contributed by atoms with Gasteiger partial charge in [-0.1, -0.05) is 6.92 Å². The average Bonchev–Trinajstić information content (AvgIpc) is 1.94. The van der Waals surface area contributed by atoms with Gasteiger partial charge in [-0.2, -0.15) is 11.8 Å². The topological polar surface area (TPSA) is 27.1 Å². The van der Waals surface area contributed by atoms with Gasteiger partial charge in [0.05, 0.1) is 5.84 Å². The van der Waals surface area contributed by atoms with Gasteiger partial charge in [-0.05, 0) is 13.8 Å². The molecule has 0 aromatic heterocycles. The van der Waals surface area contributed by atoms with Gasteiger partial charge in [0.25, 0.3) is 0 Å². The Balaban J connectivity index is 2.58. The molecule has 0 saturated carbocycles. The highest BCUT2D eigenvalue weighted by Crippen LogP contribution is 2.23. The second-order valence-corrected chi connectivity index (χ2v) is 4.58. The lowest BCUT2D eigenvalue weighted by Gasteiger charge is -2.38. The van der Waals surface area contributed by atoms with E-state index in [1.807, 2.05) is 18.7 Å². The van der Waals surface area contributed by atoms with E-state index in [2.05, 4.69) is 18.7 Å². The van der Waals surface area contributed by atoms with Gasteiger partial charge in [0, 0.05) is 23.6 Å². The number of hydrogen-bond acceptors (Lipinski definition) is 2. The van der Waals surface area contributed by atoms with Crippen LogP contribution in [0.1, 0.15) is 20.8 Å².